The number of β-amino-alcohol motifs (C(OH)–C–C–N with tert-alkyl or cyclic N) is 1. The van der Waals surface area contributed by atoms with Crippen LogP contribution in [0.2, 0.25) is 0 Å². The van der Waals surface area contributed by atoms with Gasteiger partial charge in [0.25, 0.3) is 0 Å². The first kappa shape index (κ1) is 16.9. The van der Waals surface area contributed by atoms with Crippen molar-refractivity contribution in [1.29, 1.82) is 0 Å². The van der Waals surface area contributed by atoms with Crippen LogP contribution in [-0.2, 0) is 10.2 Å². The highest BCUT2D eigenvalue weighted by molar-refractivity contribution is 5.90. The van der Waals surface area contributed by atoms with Crippen molar-refractivity contribution in [3.05, 3.63) is 29.8 Å². The first-order valence-electron chi connectivity index (χ1n) is 9.25. The molecule has 1 saturated heterocycles. The van der Waals surface area contributed by atoms with Gasteiger partial charge in [0.15, 0.2) is 0 Å². The molecule has 1 aliphatic heterocycles. The van der Waals surface area contributed by atoms with Crippen molar-refractivity contribution in [2.45, 2.75) is 43.6 Å². The standard InChI is InChI=1S/C20H27NO4/c1-25-16-5-3-15(4-6-16)20(12-19(13-20)7-2-8-19)18(24)21-9-14(11-22)17(23)10-21/h3-6,14,17,22-23H,2,7-13H2,1H3/t14-,17+/m1/s1. The maximum Gasteiger partial charge on any atom is 0.233 e. The largest absolute Gasteiger partial charge is 0.497 e. The summed E-state index contributed by atoms with van der Waals surface area (Å²) in [6.45, 7) is 0.695. The number of rotatable bonds is 4. The van der Waals surface area contributed by atoms with E-state index in [1.54, 1.807) is 12.0 Å². The van der Waals surface area contributed by atoms with E-state index in [0.717, 1.165) is 24.2 Å². The Labute approximate surface area is 148 Å². The Morgan fingerprint density at radius 2 is 1.92 bits per heavy atom. The van der Waals surface area contributed by atoms with Crippen molar-refractivity contribution in [3.63, 3.8) is 0 Å². The maximum absolute atomic E-state index is 13.4. The maximum atomic E-state index is 13.4. The summed E-state index contributed by atoms with van der Waals surface area (Å²) < 4.78 is 5.25. The van der Waals surface area contributed by atoms with Crippen LogP contribution in [0.4, 0.5) is 0 Å². The van der Waals surface area contributed by atoms with Crippen molar-refractivity contribution in [2.24, 2.45) is 11.3 Å². The predicted octanol–water partition coefficient (Wildman–Crippen LogP) is 1.71. The molecular weight excluding hydrogens is 318 g/mol. The summed E-state index contributed by atoms with van der Waals surface area (Å²) >= 11 is 0. The minimum Gasteiger partial charge on any atom is -0.497 e. The van der Waals surface area contributed by atoms with Gasteiger partial charge in [0.2, 0.25) is 5.91 Å². The first-order valence-corrected chi connectivity index (χ1v) is 9.25. The van der Waals surface area contributed by atoms with Crippen LogP contribution in [0.1, 0.15) is 37.7 Å². The Kier molecular flexibility index (Phi) is 4.04. The lowest BCUT2D eigenvalue weighted by Crippen LogP contribution is -2.60. The lowest BCUT2D eigenvalue weighted by molar-refractivity contribution is -0.152. The molecular formula is C20H27NO4. The number of hydrogen-bond donors (Lipinski definition) is 2. The van der Waals surface area contributed by atoms with Gasteiger partial charge in [-0.1, -0.05) is 18.6 Å². The van der Waals surface area contributed by atoms with Crippen LogP contribution in [0.3, 0.4) is 0 Å². The molecule has 1 heterocycles. The number of aliphatic hydroxyl groups excluding tert-OH is 2. The molecule has 5 nitrogen and oxygen atoms in total. The van der Waals surface area contributed by atoms with Gasteiger partial charge < -0.3 is 19.8 Å². The molecule has 0 unspecified atom stereocenters. The van der Waals surface area contributed by atoms with E-state index in [-0.39, 0.29) is 18.4 Å². The van der Waals surface area contributed by atoms with E-state index in [0.29, 0.717) is 18.5 Å². The average molecular weight is 345 g/mol. The molecule has 1 amide bonds. The summed E-state index contributed by atoms with van der Waals surface area (Å²) in [6.07, 6.45) is 4.89. The van der Waals surface area contributed by atoms with Gasteiger partial charge in [0, 0.05) is 19.0 Å². The molecule has 2 aliphatic carbocycles. The number of carbonyl (C=O) groups excluding carboxylic acids is 1. The lowest BCUT2D eigenvalue weighted by Gasteiger charge is -2.61. The van der Waals surface area contributed by atoms with Crippen molar-refractivity contribution >= 4 is 5.91 Å². The van der Waals surface area contributed by atoms with Crippen LogP contribution >= 0.6 is 0 Å². The molecule has 2 saturated carbocycles. The van der Waals surface area contributed by atoms with E-state index < -0.39 is 11.5 Å². The number of hydrogen-bond acceptors (Lipinski definition) is 4. The summed E-state index contributed by atoms with van der Waals surface area (Å²) in [5, 5.41) is 19.5. The number of nitrogens with zero attached hydrogens (tertiary/aromatic N) is 1. The summed E-state index contributed by atoms with van der Waals surface area (Å²) in [7, 11) is 1.64. The van der Waals surface area contributed by atoms with Gasteiger partial charge in [-0.05, 0) is 48.8 Å². The third-order valence-corrected chi connectivity index (χ3v) is 6.75. The average Bonchev–Trinajstić information content (AvgIpc) is 2.94. The summed E-state index contributed by atoms with van der Waals surface area (Å²) in [4.78, 5) is 15.2. The van der Waals surface area contributed by atoms with Crippen LogP contribution in [-0.4, -0.2) is 53.9 Å². The molecule has 3 fully saturated rings. The summed E-state index contributed by atoms with van der Waals surface area (Å²) in [6, 6.07) is 7.87. The fourth-order valence-corrected chi connectivity index (χ4v) is 5.15. The normalized spacial score (nSPS) is 29.2. The molecule has 25 heavy (non-hydrogen) atoms. The van der Waals surface area contributed by atoms with Crippen LogP contribution in [0.5, 0.6) is 5.75 Å². The second-order valence-electron chi connectivity index (χ2n) is 8.24. The topological polar surface area (TPSA) is 70.0 Å². The number of benzene rings is 1. The van der Waals surface area contributed by atoms with Crippen LogP contribution < -0.4 is 4.74 Å². The monoisotopic (exact) mass is 345 g/mol. The smallest absolute Gasteiger partial charge is 0.233 e. The molecule has 2 N–H and O–H groups in total. The van der Waals surface area contributed by atoms with Crippen molar-refractivity contribution in [2.75, 3.05) is 26.8 Å². The van der Waals surface area contributed by atoms with Crippen LogP contribution in [0.15, 0.2) is 24.3 Å². The Hall–Kier alpha value is -1.59. The number of aliphatic hydroxyl groups is 2. The van der Waals surface area contributed by atoms with Gasteiger partial charge in [-0.15, -0.1) is 0 Å². The zero-order valence-corrected chi connectivity index (χ0v) is 14.8. The van der Waals surface area contributed by atoms with E-state index in [1.165, 1.54) is 19.3 Å². The molecule has 4 rings (SSSR count). The minimum atomic E-state index is -0.625. The Bertz CT molecular complexity index is 644. The highest BCUT2D eigenvalue weighted by Gasteiger charge is 2.62. The number of amides is 1. The quantitative estimate of drug-likeness (QED) is 0.872. The zero-order chi connectivity index (χ0) is 17.7. The second kappa shape index (κ2) is 5.99. The number of carbonyl (C=O) groups is 1. The number of likely N-dealkylation sites (tertiary alicyclic amines) is 1. The van der Waals surface area contributed by atoms with Gasteiger partial charge in [0.05, 0.1) is 25.2 Å². The van der Waals surface area contributed by atoms with Gasteiger partial charge >= 0.3 is 0 Å². The molecule has 1 aromatic rings. The molecule has 0 radical (unpaired) electrons. The van der Waals surface area contributed by atoms with Crippen molar-refractivity contribution in [1.82, 2.24) is 4.90 Å². The Balaban J connectivity index is 1.61. The predicted molar refractivity (Wildman–Crippen MR) is 93.4 cm³/mol. The van der Waals surface area contributed by atoms with E-state index in [2.05, 4.69) is 0 Å². The molecule has 3 aliphatic rings. The summed E-state index contributed by atoms with van der Waals surface area (Å²) in [5.74, 6) is 0.681. The van der Waals surface area contributed by atoms with Crippen LogP contribution in [0, 0.1) is 11.3 Å². The molecule has 0 aromatic heterocycles. The molecule has 1 spiro atoms. The highest BCUT2D eigenvalue weighted by Crippen LogP contribution is 2.65. The second-order valence-corrected chi connectivity index (χ2v) is 8.24. The highest BCUT2D eigenvalue weighted by atomic mass is 16.5. The molecule has 136 valence electrons. The van der Waals surface area contributed by atoms with E-state index in [4.69, 9.17) is 4.74 Å². The fourth-order valence-electron chi connectivity index (χ4n) is 5.15. The third-order valence-electron chi connectivity index (χ3n) is 6.75. The van der Waals surface area contributed by atoms with Gasteiger partial charge in [0.1, 0.15) is 5.75 Å². The Morgan fingerprint density at radius 3 is 2.40 bits per heavy atom. The number of ether oxygens (including phenoxy) is 1. The van der Waals surface area contributed by atoms with Crippen molar-refractivity contribution < 1.29 is 19.7 Å². The lowest BCUT2D eigenvalue weighted by atomic mass is 9.43. The minimum absolute atomic E-state index is 0.0789. The van der Waals surface area contributed by atoms with E-state index in [9.17, 15) is 15.0 Å². The Morgan fingerprint density at radius 1 is 1.24 bits per heavy atom. The zero-order valence-electron chi connectivity index (χ0n) is 14.8. The number of methoxy groups -OCH3 is 1. The van der Waals surface area contributed by atoms with Crippen LogP contribution in [0.25, 0.3) is 0 Å². The molecule has 5 heteroatoms. The fraction of sp³-hybridized carbons (Fsp3) is 0.650. The molecule has 0 bridgehead atoms. The SMILES string of the molecule is COc1ccc(C2(C(=O)N3C[C@H](CO)[C@@H](O)C3)CC3(CCC3)C2)cc1. The molecule has 2 atom stereocenters. The van der Waals surface area contributed by atoms with Gasteiger partial charge in [-0.3, -0.25) is 4.79 Å². The summed E-state index contributed by atoms with van der Waals surface area (Å²) in [5.41, 5.74) is 0.930. The van der Waals surface area contributed by atoms with E-state index in [1.807, 2.05) is 24.3 Å². The molecule has 1 aromatic carbocycles. The third kappa shape index (κ3) is 2.56. The van der Waals surface area contributed by atoms with Crippen molar-refractivity contribution in [3.8, 4) is 5.75 Å². The van der Waals surface area contributed by atoms with Gasteiger partial charge in [-0.25, -0.2) is 0 Å². The first-order chi connectivity index (χ1) is 12.0. The van der Waals surface area contributed by atoms with Gasteiger partial charge in [-0.2, -0.15) is 0 Å². The van der Waals surface area contributed by atoms with E-state index >= 15 is 0 Å².